The Morgan fingerprint density at radius 3 is 2.58 bits per heavy atom. The van der Waals surface area contributed by atoms with Crippen molar-refractivity contribution in [2.24, 2.45) is 0 Å². The lowest BCUT2D eigenvalue weighted by atomic mass is 10.2. The van der Waals surface area contributed by atoms with E-state index >= 15 is 0 Å². The molecular weight excluding hydrogens is 359 g/mol. The Bertz CT molecular complexity index is 798. The standard InChI is InChI=1S/C19H16Cl2N2S/c20-16-8-5-15(6-9-16)7-10-17(13-23-12-11-22-14-23)24-19-4-2-1-3-18(19)21/h1-12,14,17H,13H2/b10-7+. The van der Waals surface area contributed by atoms with Gasteiger partial charge in [0, 0.05) is 34.1 Å². The van der Waals surface area contributed by atoms with Crippen molar-refractivity contribution in [2.75, 3.05) is 0 Å². The first-order chi connectivity index (χ1) is 11.7. The summed E-state index contributed by atoms with van der Waals surface area (Å²) in [7, 11) is 0. The zero-order valence-corrected chi connectivity index (χ0v) is 15.2. The molecule has 0 saturated carbocycles. The average molecular weight is 375 g/mol. The van der Waals surface area contributed by atoms with Gasteiger partial charge in [-0.2, -0.15) is 0 Å². The Labute approximate surface area is 156 Å². The quantitative estimate of drug-likeness (QED) is 0.487. The maximum atomic E-state index is 6.31. The van der Waals surface area contributed by atoms with Gasteiger partial charge in [0.15, 0.2) is 0 Å². The normalized spacial score (nSPS) is 12.6. The van der Waals surface area contributed by atoms with Crippen molar-refractivity contribution in [3.05, 3.63) is 88.9 Å². The zero-order valence-electron chi connectivity index (χ0n) is 12.8. The lowest BCUT2D eigenvalue weighted by molar-refractivity contribution is 0.720. The minimum atomic E-state index is 0.231. The molecule has 2 nitrogen and oxygen atoms in total. The number of rotatable bonds is 6. The summed E-state index contributed by atoms with van der Waals surface area (Å²) in [6.45, 7) is 0.819. The molecule has 0 bridgehead atoms. The highest BCUT2D eigenvalue weighted by Gasteiger charge is 2.10. The Kier molecular flexibility index (Phi) is 6.02. The van der Waals surface area contributed by atoms with Gasteiger partial charge in [-0.1, -0.05) is 59.6 Å². The molecule has 3 rings (SSSR count). The van der Waals surface area contributed by atoms with Gasteiger partial charge in [0.2, 0.25) is 0 Å². The van der Waals surface area contributed by atoms with Gasteiger partial charge in [0.1, 0.15) is 0 Å². The topological polar surface area (TPSA) is 17.8 Å². The van der Waals surface area contributed by atoms with E-state index < -0.39 is 0 Å². The van der Waals surface area contributed by atoms with E-state index in [1.807, 2.05) is 61.1 Å². The van der Waals surface area contributed by atoms with Crippen LogP contribution in [0.4, 0.5) is 0 Å². The van der Waals surface area contributed by atoms with Crippen molar-refractivity contribution < 1.29 is 0 Å². The summed E-state index contributed by atoms with van der Waals surface area (Å²) in [4.78, 5) is 5.19. The summed E-state index contributed by atoms with van der Waals surface area (Å²) in [6, 6.07) is 15.7. The van der Waals surface area contributed by atoms with Crippen LogP contribution >= 0.6 is 35.0 Å². The van der Waals surface area contributed by atoms with Crippen LogP contribution in [-0.2, 0) is 6.54 Å². The predicted octanol–water partition coefficient (Wildman–Crippen LogP) is 6.06. The third kappa shape index (κ3) is 4.91. The van der Waals surface area contributed by atoms with Gasteiger partial charge in [-0.25, -0.2) is 4.98 Å². The predicted molar refractivity (Wildman–Crippen MR) is 104 cm³/mol. The summed E-state index contributed by atoms with van der Waals surface area (Å²) in [5.74, 6) is 0. The first kappa shape index (κ1) is 17.2. The second-order valence-corrected chi connectivity index (χ2v) is 7.38. The monoisotopic (exact) mass is 374 g/mol. The molecule has 1 heterocycles. The number of aromatic nitrogens is 2. The summed E-state index contributed by atoms with van der Waals surface area (Å²) in [5.41, 5.74) is 1.12. The molecule has 0 spiro atoms. The Morgan fingerprint density at radius 1 is 1.08 bits per heavy atom. The summed E-state index contributed by atoms with van der Waals surface area (Å²) >= 11 is 14.0. The molecule has 0 aliphatic heterocycles. The van der Waals surface area contributed by atoms with Crippen LogP contribution in [0.15, 0.2) is 78.2 Å². The van der Waals surface area contributed by atoms with E-state index in [2.05, 4.69) is 21.7 Å². The summed E-state index contributed by atoms with van der Waals surface area (Å²) < 4.78 is 2.07. The Balaban J connectivity index is 1.78. The van der Waals surface area contributed by atoms with Crippen LogP contribution in [0.25, 0.3) is 6.08 Å². The fourth-order valence-electron chi connectivity index (χ4n) is 2.24. The molecule has 1 atom stereocenters. The van der Waals surface area contributed by atoms with Crippen molar-refractivity contribution in [1.29, 1.82) is 0 Å². The molecule has 1 aromatic heterocycles. The van der Waals surface area contributed by atoms with Crippen LogP contribution in [0.2, 0.25) is 10.0 Å². The molecule has 0 amide bonds. The van der Waals surface area contributed by atoms with Crippen molar-refractivity contribution in [1.82, 2.24) is 9.55 Å². The lowest BCUT2D eigenvalue weighted by Crippen LogP contribution is -2.09. The highest BCUT2D eigenvalue weighted by Crippen LogP contribution is 2.31. The number of hydrogen-bond donors (Lipinski definition) is 0. The van der Waals surface area contributed by atoms with Crippen molar-refractivity contribution in [3.63, 3.8) is 0 Å². The number of benzene rings is 2. The van der Waals surface area contributed by atoms with Crippen molar-refractivity contribution in [2.45, 2.75) is 16.7 Å². The molecule has 0 saturated heterocycles. The first-order valence-electron chi connectivity index (χ1n) is 7.51. The molecule has 122 valence electrons. The molecule has 0 aliphatic carbocycles. The molecule has 24 heavy (non-hydrogen) atoms. The number of halogens is 2. The highest BCUT2D eigenvalue weighted by atomic mass is 35.5. The Hall–Kier alpha value is -1.68. The van der Waals surface area contributed by atoms with Crippen molar-refractivity contribution >= 4 is 41.0 Å². The fourth-order valence-corrected chi connectivity index (χ4v) is 3.70. The summed E-state index contributed by atoms with van der Waals surface area (Å²) in [6.07, 6.45) is 9.89. The fraction of sp³-hybridized carbons (Fsp3) is 0.105. The first-order valence-corrected chi connectivity index (χ1v) is 9.15. The van der Waals surface area contributed by atoms with Crippen LogP contribution in [-0.4, -0.2) is 14.8 Å². The van der Waals surface area contributed by atoms with Gasteiger partial charge in [0.25, 0.3) is 0 Å². The van der Waals surface area contributed by atoms with Gasteiger partial charge in [0.05, 0.1) is 11.3 Å². The van der Waals surface area contributed by atoms with Gasteiger partial charge in [-0.3, -0.25) is 0 Å². The minimum Gasteiger partial charge on any atom is -0.336 e. The third-order valence-electron chi connectivity index (χ3n) is 3.44. The van der Waals surface area contributed by atoms with Crippen LogP contribution in [0, 0.1) is 0 Å². The number of hydrogen-bond acceptors (Lipinski definition) is 2. The molecule has 2 aromatic carbocycles. The average Bonchev–Trinajstić information content (AvgIpc) is 3.09. The molecular formula is C19H16Cl2N2S. The Morgan fingerprint density at radius 2 is 1.88 bits per heavy atom. The maximum absolute atomic E-state index is 6.31. The van der Waals surface area contributed by atoms with Gasteiger partial charge < -0.3 is 4.57 Å². The van der Waals surface area contributed by atoms with E-state index in [-0.39, 0.29) is 5.25 Å². The van der Waals surface area contributed by atoms with Crippen LogP contribution in [0.5, 0.6) is 0 Å². The number of thioether (sulfide) groups is 1. The van der Waals surface area contributed by atoms with E-state index in [1.54, 1.807) is 18.0 Å². The lowest BCUT2D eigenvalue weighted by Gasteiger charge is -2.14. The van der Waals surface area contributed by atoms with Crippen LogP contribution in [0.3, 0.4) is 0 Å². The van der Waals surface area contributed by atoms with Gasteiger partial charge in [-0.05, 0) is 29.8 Å². The van der Waals surface area contributed by atoms with Gasteiger partial charge >= 0.3 is 0 Å². The molecule has 0 fully saturated rings. The maximum Gasteiger partial charge on any atom is 0.0946 e. The van der Waals surface area contributed by atoms with E-state index in [1.165, 1.54) is 0 Å². The van der Waals surface area contributed by atoms with Gasteiger partial charge in [-0.15, -0.1) is 11.8 Å². The highest BCUT2D eigenvalue weighted by molar-refractivity contribution is 8.00. The second kappa shape index (κ2) is 8.43. The SMILES string of the molecule is Clc1ccc(/C=C/C(Cn2ccnc2)Sc2ccccc2Cl)cc1. The minimum absolute atomic E-state index is 0.231. The number of imidazole rings is 1. The molecule has 5 heteroatoms. The van der Waals surface area contributed by atoms with Crippen LogP contribution in [0.1, 0.15) is 5.56 Å². The van der Waals surface area contributed by atoms with E-state index in [4.69, 9.17) is 23.2 Å². The molecule has 0 aliphatic rings. The molecule has 0 radical (unpaired) electrons. The van der Waals surface area contributed by atoms with E-state index in [0.29, 0.717) is 0 Å². The number of nitrogens with zero attached hydrogens (tertiary/aromatic N) is 2. The molecule has 1 unspecified atom stereocenters. The zero-order chi connectivity index (χ0) is 16.8. The van der Waals surface area contributed by atoms with Crippen LogP contribution < -0.4 is 0 Å². The van der Waals surface area contributed by atoms with Crippen molar-refractivity contribution in [3.8, 4) is 0 Å². The molecule has 0 N–H and O–H groups in total. The summed E-state index contributed by atoms with van der Waals surface area (Å²) in [5, 5.41) is 1.75. The molecule has 3 aromatic rings. The second-order valence-electron chi connectivity index (χ2n) is 5.26. The smallest absolute Gasteiger partial charge is 0.0946 e. The third-order valence-corrected chi connectivity index (χ3v) is 5.35. The van der Waals surface area contributed by atoms with E-state index in [9.17, 15) is 0 Å². The van der Waals surface area contributed by atoms with E-state index in [0.717, 1.165) is 27.0 Å². The largest absolute Gasteiger partial charge is 0.336 e.